The zero-order chi connectivity index (χ0) is 22.5. The van der Waals surface area contributed by atoms with E-state index in [0.29, 0.717) is 38.7 Å². The Morgan fingerprint density at radius 2 is 1.88 bits per heavy atom. The Kier molecular flexibility index (Phi) is 6.58. The summed E-state index contributed by atoms with van der Waals surface area (Å²) in [5.74, 6) is 0.405. The molecule has 1 amide bonds. The quantitative estimate of drug-likeness (QED) is 0.310. The number of para-hydroxylation sites is 1. The van der Waals surface area contributed by atoms with Crippen LogP contribution < -0.4 is 5.32 Å². The molecule has 0 bridgehead atoms. The molecule has 0 unspecified atom stereocenters. The Hall–Kier alpha value is -3.56. The monoisotopic (exact) mass is 468 g/mol. The van der Waals surface area contributed by atoms with E-state index >= 15 is 0 Å². The van der Waals surface area contributed by atoms with Gasteiger partial charge in [-0.1, -0.05) is 35.5 Å². The third-order valence-electron chi connectivity index (χ3n) is 4.39. The summed E-state index contributed by atoms with van der Waals surface area (Å²) in [4.78, 5) is 24.0. The fourth-order valence-electron chi connectivity index (χ4n) is 2.91. The maximum absolute atomic E-state index is 12.5. The van der Waals surface area contributed by atoms with Gasteiger partial charge in [-0.2, -0.15) is 0 Å². The molecule has 4 aromatic rings. The predicted octanol–water partition coefficient (Wildman–Crippen LogP) is 4.70. The number of ether oxygens (including phenoxy) is 1. The number of methoxy groups -OCH3 is 1. The second kappa shape index (κ2) is 9.71. The van der Waals surface area contributed by atoms with Crippen molar-refractivity contribution in [2.45, 2.75) is 5.16 Å². The van der Waals surface area contributed by atoms with E-state index in [1.807, 2.05) is 18.2 Å². The number of nitrogens with one attached hydrogen (secondary N) is 1. The molecule has 32 heavy (non-hydrogen) atoms. The van der Waals surface area contributed by atoms with Gasteiger partial charge in [0.1, 0.15) is 0 Å². The first kappa shape index (κ1) is 21.7. The molecule has 0 fully saturated rings. The van der Waals surface area contributed by atoms with Crippen LogP contribution in [0.1, 0.15) is 10.4 Å². The average molecular weight is 469 g/mol. The molecule has 0 saturated carbocycles. The smallest absolute Gasteiger partial charge is 0.337 e. The molecule has 2 heterocycles. The molecule has 0 atom stereocenters. The largest absolute Gasteiger partial charge is 0.465 e. The first-order chi connectivity index (χ1) is 15.6. The first-order valence-electron chi connectivity index (χ1n) is 9.42. The molecule has 1 N–H and O–H groups in total. The molecular weight excluding hydrogens is 452 g/mol. The lowest BCUT2D eigenvalue weighted by molar-refractivity contribution is -0.113. The van der Waals surface area contributed by atoms with Gasteiger partial charge in [-0.05, 0) is 48.5 Å². The normalized spacial score (nSPS) is 10.7. The van der Waals surface area contributed by atoms with Gasteiger partial charge in [0, 0.05) is 5.69 Å². The fraction of sp³-hybridized carbons (Fsp3) is 0.0909. The molecule has 8 nitrogen and oxygen atoms in total. The maximum Gasteiger partial charge on any atom is 0.337 e. The molecule has 162 valence electrons. The fourth-order valence-corrected chi connectivity index (χ4v) is 3.88. The Balaban J connectivity index is 1.51. The van der Waals surface area contributed by atoms with E-state index in [9.17, 15) is 9.59 Å². The van der Waals surface area contributed by atoms with Crippen LogP contribution in [0.3, 0.4) is 0 Å². The third-order valence-corrected chi connectivity index (χ3v) is 5.64. The van der Waals surface area contributed by atoms with Crippen LogP contribution in [0.4, 0.5) is 5.69 Å². The molecule has 2 aromatic heterocycles. The number of anilines is 1. The van der Waals surface area contributed by atoms with Crippen molar-refractivity contribution in [1.29, 1.82) is 0 Å². The van der Waals surface area contributed by atoms with Crippen LogP contribution in [0.5, 0.6) is 0 Å². The number of thioether (sulfide) groups is 1. The number of aromatic nitrogens is 3. The summed E-state index contributed by atoms with van der Waals surface area (Å²) in [7, 11) is 1.31. The molecular formula is C22H17ClN4O4S. The van der Waals surface area contributed by atoms with Gasteiger partial charge in [0.25, 0.3) is 0 Å². The van der Waals surface area contributed by atoms with Crippen molar-refractivity contribution in [1.82, 2.24) is 14.8 Å². The molecule has 0 saturated heterocycles. The number of furan rings is 1. The number of carbonyl (C=O) groups is 2. The summed E-state index contributed by atoms with van der Waals surface area (Å²) < 4.78 is 11.9. The van der Waals surface area contributed by atoms with Crippen LogP contribution in [0.25, 0.3) is 17.3 Å². The number of hydrogen-bond acceptors (Lipinski definition) is 7. The second-order valence-corrected chi connectivity index (χ2v) is 7.83. The van der Waals surface area contributed by atoms with Crippen molar-refractivity contribution in [2.75, 3.05) is 18.2 Å². The number of esters is 1. The number of halogens is 1. The highest BCUT2D eigenvalue weighted by atomic mass is 35.5. The van der Waals surface area contributed by atoms with E-state index in [4.69, 9.17) is 16.0 Å². The standard InChI is InChI=1S/C22H17ClN4O4S/c1-30-21(29)14-8-10-15(11-9-14)24-19(28)13-32-22-26-25-20(18-7-4-12-31-18)27(22)17-6-3-2-5-16(17)23/h2-12H,13H2,1H3,(H,24,28). The minimum absolute atomic E-state index is 0.0828. The van der Waals surface area contributed by atoms with Crippen LogP contribution in [-0.4, -0.2) is 39.5 Å². The minimum atomic E-state index is -0.440. The second-order valence-electron chi connectivity index (χ2n) is 6.48. The summed E-state index contributed by atoms with van der Waals surface area (Å²) in [6.07, 6.45) is 1.55. The lowest BCUT2D eigenvalue weighted by Crippen LogP contribution is -2.14. The van der Waals surface area contributed by atoms with E-state index in [0.717, 1.165) is 0 Å². The van der Waals surface area contributed by atoms with Crippen LogP contribution in [-0.2, 0) is 9.53 Å². The highest BCUT2D eigenvalue weighted by molar-refractivity contribution is 7.99. The highest BCUT2D eigenvalue weighted by Gasteiger charge is 2.20. The van der Waals surface area contributed by atoms with Crippen LogP contribution in [0.2, 0.25) is 5.02 Å². The molecule has 0 radical (unpaired) electrons. The number of nitrogens with zero attached hydrogens (tertiary/aromatic N) is 3. The summed E-state index contributed by atoms with van der Waals surface area (Å²) >= 11 is 7.62. The van der Waals surface area contributed by atoms with Crippen molar-refractivity contribution < 1.29 is 18.7 Å². The van der Waals surface area contributed by atoms with E-state index < -0.39 is 5.97 Å². The third kappa shape index (κ3) is 4.68. The molecule has 2 aromatic carbocycles. The van der Waals surface area contributed by atoms with Crippen molar-refractivity contribution >= 4 is 40.9 Å². The van der Waals surface area contributed by atoms with Crippen molar-refractivity contribution in [3.05, 3.63) is 77.5 Å². The Bertz CT molecular complexity index is 1240. The minimum Gasteiger partial charge on any atom is -0.465 e. The van der Waals surface area contributed by atoms with Gasteiger partial charge in [-0.15, -0.1) is 10.2 Å². The van der Waals surface area contributed by atoms with Crippen LogP contribution in [0, 0.1) is 0 Å². The van der Waals surface area contributed by atoms with E-state index in [1.54, 1.807) is 53.3 Å². The van der Waals surface area contributed by atoms with Gasteiger partial charge in [0.2, 0.25) is 11.7 Å². The van der Waals surface area contributed by atoms with Crippen LogP contribution in [0.15, 0.2) is 76.5 Å². The Morgan fingerprint density at radius 1 is 1.09 bits per heavy atom. The van der Waals surface area contributed by atoms with Gasteiger partial charge in [-0.3, -0.25) is 9.36 Å². The highest BCUT2D eigenvalue weighted by Crippen LogP contribution is 2.31. The molecule has 4 rings (SSSR count). The molecule has 0 aliphatic rings. The molecule has 0 aliphatic carbocycles. The first-order valence-corrected chi connectivity index (χ1v) is 10.8. The van der Waals surface area contributed by atoms with Gasteiger partial charge >= 0.3 is 5.97 Å². The van der Waals surface area contributed by atoms with Crippen molar-refractivity contribution in [3.63, 3.8) is 0 Å². The van der Waals surface area contributed by atoms with Gasteiger partial charge in [-0.25, -0.2) is 4.79 Å². The topological polar surface area (TPSA) is 99.2 Å². The van der Waals surface area contributed by atoms with Gasteiger partial charge in [0.15, 0.2) is 10.9 Å². The van der Waals surface area contributed by atoms with E-state index in [1.165, 1.54) is 18.9 Å². The van der Waals surface area contributed by atoms with E-state index in [2.05, 4.69) is 20.3 Å². The SMILES string of the molecule is COC(=O)c1ccc(NC(=O)CSc2nnc(-c3ccco3)n2-c2ccccc2Cl)cc1. The average Bonchev–Trinajstić information content (AvgIpc) is 3.48. The molecule has 0 spiro atoms. The number of hydrogen-bond donors (Lipinski definition) is 1. The number of carbonyl (C=O) groups excluding carboxylic acids is 2. The number of benzene rings is 2. The summed E-state index contributed by atoms with van der Waals surface area (Å²) in [6.45, 7) is 0. The maximum atomic E-state index is 12.5. The molecule has 0 aliphatic heterocycles. The predicted molar refractivity (Wildman–Crippen MR) is 121 cm³/mol. The summed E-state index contributed by atoms with van der Waals surface area (Å²) in [5, 5.41) is 12.3. The van der Waals surface area contributed by atoms with Gasteiger partial charge in [0.05, 0.1) is 35.4 Å². The lowest BCUT2D eigenvalue weighted by atomic mass is 10.2. The number of rotatable bonds is 7. The van der Waals surface area contributed by atoms with Crippen LogP contribution >= 0.6 is 23.4 Å². The van der Waals surface area contributed by atoms with Crippen molar-refractivity contribution in [3.8, 4) is 17.3 Å². The van der Waals surface area contributed by atoms with Gasteiger partial charge < -0.3 is 14.5 Å². The zero-order valence-electron chi connectivity index (χ0n) is 16.8. The summed E-state index contributed by atoms with van der Waals surface area (Å²) in [6, 6.07) is 17.2. The summed E-state index contributed by atoms with van der Waals surface area (Å²) in [5.41, 5.74) is 1.64. The Labute approximate surface area is 192 Å². The number of amides is 1. The molecule has 10 heteroatoms. The zero-order valence-corrected chi connectivity index (χ0v) is 18.4. The lowest BCUT2D eigenvalue weighted by Gasteiger charge is -2.11. The Morgan fingerprint density at radius 3 is 2.56 bits per heavy atom. The van der Waals surface area contributed by atoms with E-state index in [-0.39, 0.29) is 11.7 Å². The van der Waals surface area contributed by atoms with Crippen molar-refractivity contribution in [2.24, 2.45) is 0 Å².